The summed E-state index contributed by atoms with van der Waals surface area (Å²) in [6.07, 6.45) is 4.64. The first-order chi connectivity index (χ1) is 3.84. The number of hydrogen-bond donors (Lipinski definition) is 1. The minimum Gasteiger partial charge on any atom is -0.400 e. The van der Waals surface area contributed by atoms with Gasteiger partial charge in [0, 0.05) is 11.9 Å². The Kier molecular flexibility index (Phi) is 1.33. The lowest BCUT2D eigenvalue weighted by atomic mass is 10.2. The van der Waals surface area contributed by atoms with Crippen molar-refractivity contribution in [2.24, 2.45) is 10.7 Å². The average Bonchev–Trinajstić information content (AvgIpc) is 2.14. The van der Waals surface area contributed by atoms with E-state index in [1.54, 1.807) is 6.21 Å². The summed E-state index contributed by atoms with van der Waals surface area (Å²) < 4.78 is 0. The van der Waals surface area contributed by atoms with Gasteiger partial charge in [-0.1, -0.05) is 6.92 Å². The molecule has 1 rings (SSSR count). The lowest BCUT2D eigenvalue weighted by Crippen LogP contribution is -2.10. The van der Waals surface area contributed by atoms with Gasteiger partial charge < -0.3 is 5.73 Å². The molecule has 0 bridgehead atoms. The number of nitrogens with two attached hydrogens (primary N) is 1. The Balaban J connectivity index is 2.58. The maximum atomic E-state index is 5.53. The fraction of sp³-hybridized carbons (Fsp3) is 0.500. The summed E-state index contributed by atoms with van der Waals surface area (Å²) in [6.45, 7) is 2.08. The number of allylic oxidation sites excluding steroid dienone is 1. The highest BCUT2D eigenvalue weighted by atomic mass is 14.8. The van der Waals surface area contributed by atoms with Crippen molar-refractivity contribution >= 4 is 6.21 Å². The summed E-state index contributed by atoms with van der Waals surface area (Å²) in [5.41, 5.74) is 6.42. The van der Waals surface area contributed by atoms with Crippen LogP contribution in [-0.2, 0) is 0 Å². The van der Waals surface area contributed by atoms with Gasteiger partial charge in [-0.05, 0) is 12.5 Å². The van der Waals surface area contributed by atoms with Crippen LogP contribution in [0.2, 0.25) is 0 Å². The Morgan fingerprint density at radius 3 is 2.88 bits per heavy atom. The van der Waals surface area contributed by atoms with Gasteiger partial charge in [0.15, 0.2) is 0 Å². The molecule has 0 fully saturated rings. The molecule has 0 aromatic rings. The summed E-state index contributed by atoms with van der Waals surface area (Å²) in [5.74, 6) is 0. The molecule has 0 unspecified atom stereocenters. The summed E-state index contributed by atoms with van der Waals surface area (Å²) in [4.78, 5) is 4.09. The molecule has 0 saturated heterocycles. The molecular formula is C6H10N2. The SMILES string of the molecule is CC[C@H]1N=CC=C1N. The zero-order chi connectivity index (χ0) is 5.98. The normalized spacial score (nSPS) is 26.1. The fourth-order valence-electron chi connectivity index (χ4n) is 0.771. The van der Waals surface area contributed by atoms with Gasteiger partial charge in [-0.15, -0.1) is 0 Å². The molecule has 0 aromatic carbocycles. The molecule has 1 aliphatic rings. The van der Waals surface area contributed by atoms with Crippen molar-refractivity contribution in [3.63, 3.8) is 0 Å². The van der Waals surface area contributed by atoms with Gasteiger partial charge in [-0.3, -0.25) is 4.99 Å². The van der Waals surface area contributed by atoms with E-state index >= 15 is 0 Å². The number of rotatable bonds is 1. The van der Waals surface area contributed by atoms with E-state index in [4.69, 9.17) is 5.73 Å². The molecule has 2 heteroatoms. The van der Waals surface area contributed by atoms with Crippen molar-refractivity contribution in [1.29, 1.82) is 0 Å². The Morgan fingerprint density at radius 1 is 1.88 bits per heavy atom. The van der Waals surface area contributed by atoms with Crippen LogP contribution in [-0.4, -0.2) is 12.3 Å². The molecule has 0 spiro atoms. The van der Waals surface area contributed by atoms with E-state index in [1.165, 1.54) is 0 Å². The van der Waals surface area contributed by atoms with Crippen LogP contribution in [0.4, 0.5) is 0 Å². The van der Waals surface area contributed by atoms with Crippen LogP contribution in [0.3, 0.4) is 0 Å². The Bertz CT molecular complexity index is 135. The Hall–Kier alpha value is -0.790. The molecule has 0 aliphatic carbocycles. The quantitative estimate of drug-likeness (QED) is 0.530. The van der Waals surface area contributed by atoms with E-state index in [0.717, 1.165) is 12.1 Å². The Morgan fingerprint density at radius 2 is 2.62 bits per heavy atom. The predicted octanol–water partition coefficient (Wildman–Crippen LogP) is 0.692. The zero-order valence-electron chi connectivity index (χ0n) is 4.96. The average molecular weight is 110 g/mol. The lowest BCUT2D eigenvalue weighted by Gasteiger charge is -2.02. The molecule has 0 radical (unpaired) electrons. The molecule has 44 valence electrons. The van der Waals surface area contributed by atoms with Gasteiger partial charge in [0.05, 0.1) is 6.04 Å². The molecule has 8 heavy (non-hydrogen) atoms. The number of nitrogens with zero attached hydrogens (tertiary/aromatic N) is 1. The minimum absolute atomic E-state index is 0.273. The van der Waals surface area contributed by atoms with Crippen molar-refractivity contribution in [3.05, 3.63) is 11.8 Å². The van der Waals surface area contributed by atoms with Crippen LogP contribution >= 0.6 is 0 Å². The molecule has 0 saturated carbocycles. The standard InChI is InChI=1S/C6H10N2/c1-2-6-5(7)3-4-8-6/h3-4,6H,2,7H2,1H3/t6-/m1/s1. The van der Waals surface area contributed by atoms with Crippen LogP contribution in [0.25, 0.3) is 0 Å². The molecule has 1 aliphatic heterocycles. The van der Waals surface area contributed by atoms with E-state index in [9.17, 15) is 0 Å². The van der Waals surface area contributed by atoms with Crippen molar-refractivity contribution in [2.45, 2.75) is 19.4 Å². The van der Waals surface area contributed by atoms with Crippen molar-refractivity contribution in [2.75, 3.05) is 0 Å². The fourth-order valence-corrected chi connectivity index (χ4v) is 0.771. The number of hydrogen-bond acceptors (Lipinski definition) is 2. The highest BCUT2D eigenvalue weighted by Crippen LogP contribution is 2.08. The van der Waals surface area contributed by atoms with Crippen LogP contribution in [0.15, 0.2) is 16.8 Å². The molecule has 2 nitrogen and oxygen atoms in total. The summed E-state index contributed by atoms with van der Waals surface area (Å²) in [6, 6.07) is 0.273. The minimum atomic E-state index is 0.273. The highest BCUT2D eigenvalue weighted by molar-refractivity contribution is 5.75. The van der Waals surface area contributed by atoms with Gasteiger partial charge in [-0.2, -0.15) is 0 Å². The van der Waals surface area contributed by atoms with E-state index in [1.807, 2.05) is 6.08 Å². The maximum Gasteiger partial charge on any atom is 0.0890 e. The van der Waals surface area contributed by atoms with Gasteiger partial charge in [0.2, 0.25) is 0 Å². The molecule has 1 heterocycles. The second kappa shape index (κ2) is 1.99. The van der Waals surface area contributed by atoms with Crippen LogP contribution in [0.1, 0.15) is 13.3 Å². The summed E-state index contributed by atoms with van der Waals surface area (Å²) in [5, 5.41) is 0. The number of aliphatic imine (C=N–C) groups is 1. The second-order valence-corrected chi connectivity index (χ2v) is 1.89. The maximum absolute atomic E-state index is 5.53. The zero-order valence-corrected chi connectivity index (χ0v) is 4.96. The lowest BCUT2D eigenvalue weighted by molar-refractivity contribution is 0.749. The predicted molar refractivity (Wildman–Crippen MR) is 34.8 cm³/mol. The molecule has 1 atom stereocenters. The molecule has 0 aromatic heterocycles. The van der Waals surface area contributed by atoms with Crippen molar-refractivity contribution < 1.29 is 0 Å². The van der Waals surface area contributed by atoms with Crippen LogP contribution in [0.5, 0.6) is 0 Å². The Labute approximate surface area is 49.1 Å². The van der Waals surface area contributed by atoms with Gasteiger partial charge in [-0.25, -0.2) is 0 Å². The highest BCUT2D eigenvalue weighted by Gasteiger charge is 2.08. The van der Waals surface area contributed by atoms with Gasteiger partial charge in [0.25, 0.3) is 0 Å². The third kappa shape index (κ3) is 0.735. The van der Waals surface area contributed by atoms with E-state index < -0.39 is 0 Å². The van der Waals surface area contributed by atoms with Gasteiger partial charge in [0.1, 0.15) is 0 Å². The summed E-state index contributed by atoms with van der Waals surface area (Å²) >= 11 is 0. The van der Waals surface area contributed by atoms with Crippen LogP contribution < -0.4 is 5.73 Å². The first-order valence-corrected chi connectivity index (χ1v) is 2.83. The van der Waals surface area contributed by atoms with E-state index in [-0.39, 0.29) is 6.04 Å². The van der Waals surface area contributed by atoms with E-state index in [0.29, 0.717) is 0 Å². The summed E-state index contributed by atoms with van der Waals surface area (Å²) in [7, 11) is 0. The monoisotopic (exact) mass is 110 g/mol. The molecular weight excluding hydrogens is 100 g/mol. The van der Waals surface area contributed by atoms with Gasteiger partial charge >= 0.3 is 0 Å². The van der Waals surface area contributed by atoms with Crippen LogP contribution in [0, 0.1) is 0 Å². The third-order valence-corrected chi connectivity index (χ3v) is 1.30. The smallest absolute Gasteiger partial charge is 0.0890 e. The van der Waals surface area contributed by atoms with Crippen molar-refractivity contribution in [1.82, 2.24) is 0 Å². The molecule has 2 N–H and O–H groups in total. The largest absolute Gasteiger partial charge is 0.400 e. The first-order valence-electron chi connectivity index (χ1n) is 2.83. The molecule has 0 amide bonds. The van der Waals surface area contributed by atoms with Crippen molar-refractivity contribution in [3.8, 4) is 0 Å². The second-order valence-electron chi connectivity index (χ2n) is 1.89. The van der Waals surface area contributed by atoms with E-state index in [2.05, 4.69) is 11.9 Å². The first kappa shape index (κ1) is 5.35. The third-order valence-electron chi connectivity index (χ3n) is 1.30. The topological polar surface area (TPSA) is 38.4 Å².